The summed E-state index contributed by atoms with van der Waals surface area (Å²) >= 11 is 5.09. The highest BCUT2D eigenvalue weighted by Crippen LogP contribution is 2.27. The summed E-state index contributed by atoms with van der Waals surface area (Å²) in [5, 5.41) is 10.5. The molecular formula is C18H12BrN3O2S. The molecule has 0 aliphatic carbocycles. The Morgan fingerprint density at radius 2 is 1.96 bits per heavy atom. The van der Waals surface area contributed by atoms with Crippen LogP contribution in [-0.4, -0.2) is 15.2 Å². The first-order valence-electron chi connectivity index (χ1n) is 7.48. The van der Waals surface area contributed by atoms with Gasteiger partial charge in [-0.2, -0.15) is 0 Å². The predicted molar refractivity (Wildman–Crippen MR) is 99.3 cm³/mol. The largest absolute Gasteiger partial charge is 0.487 e. The average molecular weight is 414 g/mol. The molecule has 124 valence electrons. The lowest BCUT2D eigenvalue weighted by Crippen LogP contribution is -1.95. The lowest BCUT2D eigenvalue weighted by atomic mass is 10.2. The maximum absolute atomic E-state index is 5.81. The second-order valence-corrected chi connectivity index (χ2v) is 6.99. The van der Waals surface area contributed by atoms with Crippen molar-refractivity contribution in [3.8, 4) is 27.8 Å². The van der Waals surface area contributed by atoms with Gasteiger partial charge < -0.3 is 9.15 Å². The fourth-order valence-corrected chi connectivity index (χ4v) is 3.48. The molecule has 25 heavy (non-hydrogen) atoms. The number of halogens is 1. The van der Waals surface area contributed by atoms with Gasteiger partial charge >= 0.3 is 0 Å². The SMILES string of the molecule is Brc1cccc(-c2nc(COc3ccc(-c4nnco4)cc3)cs2)c1. The average Bonchev–Trinajstić information content (AvgIpc) is 3.32. The van der Waals surface area contributed by atoms with Crippen molar-refractivity contribution in [1.29, 1.82) is 0 Å². The number of hydrogen-bond acceptors (Lipinski definition) is 6. The number of aromatic nitrogens is 3. The molecule has 0 aliphatic rings. The van der Waals surface area contributed by atoms with E-state index in [2.05, 4.69) is 37.2 Å². The minimum absolute atomic E-state index is 0.421. The number of rotatable bonds is 5. The van der Waals surface area contributed by atoms with E-state index in [0.29, 0.717) is 12.5 Å². The van der Waals surface area contributed by atoms with Crippen molar-refractivity contribution < 1.29 is 9.15 Å². The second-order valence-electron chi connectivity index (χ2n) is 5.21. The van der Waals surface area contributed by atoms with Gasteiger partial charge in [0, 0.05) is 21.0 Å². The second kappa shape index (κ2) is 7.16. The van der Waals surface area contributed by atoms with Crippen LogP contribution in [-0.2, 0) is 6.61 Å². The molecule has 0 unspecified atom stereocenters. The molecular weight excluding hydrogens is 402 g/mol. The molecule has 0 fully saturated rings. The van der Waals surface area contributed by atoms with Gasteiger partial charge in [0.15, 0.2) is 0 Å². The maximum atomic E-state index is 5.81. The van der Waals surface area contributed by atoms with E-state index in [1.807, 2.05) is 47.8 Å². The summed E-state index contributed by atoms with van der Waals surface area (Å²) in [7, 11) is 0. The summed E-state index contributed by atoms with van der Waals surface area (Å²) in [6.07, 6.45) is 1.31. The summed E-state index contributed by atoms with van der Waals surface area (Å²) < 4.78 is 12.0. The number of benzene rings is 2. The molecule has 0 saturated heterocycles. The molecule has 0 spiro atoms. The fourth-order valence-electron chi connectivity index (χ4n) is 2.28. The maximum Gasteiger partial charge on any atom is 0.247 e. The summed E-state index contributed by atoms with van der Waals surface area (Å²) in [6, 6.07) is 15.6. The lowest BCUT2D eigenvalue weighted by Gasteiger charge is -2.04. The van der Waals surface area contributed by atoms with Gasteiger partial charge in [-0.25, -0.2) is 4.98 Å². The first kappa shape index (κ1) is 16.0. The topological polar surface area (TPSA) is 61.0 Å². The lowest BCUT2D eigenvalue weighted by molar-refractivity contribution is 0.302. The van der Waals surface area contributed by atoms with Crippen molar-refractivity contribution in [3.05, 3.63) is 70.5 Å². The highest BCUT2D eigenvalue weighted by molar-refractivity contribution is 9.10. The zero-order valence-corrected chi connectivity index (χ0v) is 15.3. The van der Waals surface area contributed by atoms with Crippen molar-refractivity contribution in [2.45, 2.75) is 6.61 Å². The van der Waals surface area contributed by atoms with Crippen LogP contribution in [0.3, 0.4) is 0 Å². The minimum Gasteiger partial charge on any atom is -0.487 e. The van der Waals surface area contributed by atoms with E-state index in [0.717, 1.165) is 32.1 Å². The van der Waals surface area contributed by atoms with Crippen LogP contribution in [0.25, 0.3) is 22.0 Å². The third-order valence-electron chi connectivity index (χ3n) is 3.47. The van der Waals surface area contributed by atoms with Crippen molar-refractivity contribution >= 4 is 27.3 Å². The first-order valence-corrected chi connectivity index (χ1v) is 9.15. The van der Waals surface area contributed by atoms with Crippen molar-refractivity contribution in [2.75, 3.05) is 0 Å². The van der Waals surface area contributed by atoms with Crippen LogP contribution in [0, 0.1) is 0 Å². The van der Waals surface area contributed by atoms with Gasteiger partial charge in [-0.1, -0.05) is 28.1 Å². The van der Waals surface area contributed by atoms with E-state index < -0.39 is 0 Å². The molecule has 2 aromatic carbocycles. The van der Waals surface area contributed by atoms with E-state index in [4.69, 9.17) is 9.15 Å². The first-order chi connectivity index (χ1) is 12.3. The third-order valence-corrected chi connectivity index (χ3v) is 4.90. The van der Waals surface area contributed by atoms with E-state index in [-0.39, 0.29) is 0 Å². The van der Waals surface area contributed by atoms with E-state index in [9.17, 15) is 0 Å². The molecule has 2 heterocycles. The normalized spacial score (nSPS) is 10.8. The van der Waals surface area contributed by atoms with Gasteiger partial charge in [0.25, 0.3) is 0 Å². The Morgan fingerprint density at radius 1 is 1.08 bits per heavy atom. The Hall–Kier alpha value is -2.51. The smallest absolute Gasteiger partial charge is 0.247 e. The van der Waals surface area contributed by atoms with Gasteiger partial charge in [-0.15, -0.1) is 21.5 Å². The molecule has 0 saturated carbocycles. The summed E-state index contributed by atoms with van der Waals surface area (Å²) in [4.78, 5) is 4.63. The fraction of sp³-hybridized carbons (Fsp3) is 0.0556. The Morgan fingerprint density at radius 3 is 2.72 bits per heavy atom. The third kappa shape index (κ3) is 3.78. The quantitative estimate of drug-likeness (QED) is 0.449. The van der Waals surface area contributed by atoms with Gasteiger partial charge in [0.1, 0.15) is 17.4 Å². The highest BCUT2D eigenvalue weighted by atomic mass is 79.9. The van der Waals surface area contributed by atoms with Crippen molar-refractivity contribution in [2.24, 2.45) is 0 Å². The van der Waals surface area contributed by atoms with E-state index in [1.54, 1.807) is 11.3 Å². The standard InChI is InChI=1S/C18H12BrN3O2S/c19-14-3-1-2-13(8-14)18-21-15(10-25-18)9-23-16-6-4-12(5-7-16)17-22-20-11-24-17/h1-8,10-11H,9H2. The zero-order valence-electron chi connectivity index (χ0n) is 12.9. The number of hydrogen-bond donors (Lipinski definition) is 0. The molecule has 4 aromatic rings. The molecule has 0 atom stereocenters. The molecule has 7 heteroatoms. The predicted octanol–water partition coefficient (Wildman–Crippen LogP) is 5.20. The van der Waals surface area contributed by atoms with Crippen LogP contribution in [0.4, 0.5) is 0 Å². The Bertz CT molecular complexity index is 968. The molecule has 0 bridgehead atoms. The number of ether oxygens (including phenoxy) is 1. The molecule has 4 rings (SSSR count). The molecule has 0 radical (unpaired) electrons. The molecule has 2 aromatic heterocycles. The molecule has 0 amide bonds. The highest BCUT2D eigenvalue weighted by Gasteiger charge is 2.07. The Kier molecular flexibility index (Phi) is 4.58. The monoisotopic (exact) mass is 413 g/mol. The Labute approximate surface area is 156 Å². The van der Waals surface area contributed by atoms with Crippen LogP contribution in [0.5, 0.6) is 5.75 Å². The van der Waals surface area contributed by atoms with Gasteiger partial charge in [-0.05, 0) is 36.4 Å². The van der Waals surface area contributed by atoms with Crippen molar-refractivity contribution in [3.63, 3.8) is 0 Å². The zero-order chi connectivity index (χ0) is 17.1. The Balaban J connectivity index is 1.42. The van der Waals surface area contributed by atoms with E-state index >= 15 is 0 Å². The molecule has 0 N–H and O–H groups in total. The summed E-state index contributed by atoms with van der Waals surface area (Å²) in [6.45, 7) is 0.421. The van der Waals surface area contributed by atoms with Crippen LogP contribution in [0.2, 0.25) is 0 Å². The number of nitrogens with zero attached hydrogens (tertiary/aromatic N) is 3. The summed E-state index contributed by atoms with van der Waals surface area (Å²) in [5.41, 5.74) is 2.85. The van der Waals surface area contributed by atoms with Crippen LogP contribution in [0.1, 0.15) is 5.69 Å². The van der Waals surface area contributed by atoms with Gasteiger partial charge in [0.05, 0.1) is 5.69 Å². The summed E-state index contributed by atoms with van der Waals surface area (Å²) in [5.74, 6) is 1.25. The molecule has 0 aliphatic heterocycles. The van der Waals surface area contributed by atoms with Gasteiger partial charge in [0.2, 0.25) is 12.3 Å². The van der Waals surface area contributed by atoms with Gasteiger partial charge in [-0.3, -0.25) is 0 Å². The minimum atomic E-state index is 0.421. The van der Waals surface area contributed by atoms with Crippen molar-refractivity contribution in [1.82, 2.24) is 15.2 Å². The number of thiazole rings is 1. The molecule has 5 nitrogen and oxygen atoms in total. The van der Waals surface area contributed by atoms with Crippen LogP contribution >= 0.6 is 27.3 Å². The van der Waals surface area contributed by atoms with Crippen LogP contribution in [0.15, 0.2) is 69.2 Å². The van der Waals surface area contributed by atoms with Crippen LogP contribution < -0.4 is 4.74 Å². The van der Waals surface area contributed by atoms with E-state index in [1.165, 1.54) is 6.39 Å².